The molecule has 0 bridgehead atoms. The summed E-state index contributed by atoms with van der Waals surface area (Å²) in [6.07, 6.45) is 0.631. The fraction of sp³-hybridized carbons (Fsp3) is 0.542. The van der Waals surface area contributed by atoms with Crippen molar-refractivity contribution in [2.24, 2.45) is 16.2 Å². The van der Waals surface area contributed by atoms with Gasteiger partial charge in [0.2, 0.25) is 0 Å². The van der Waals surface area contributed by atoms with E-state index in [1.807, 2.05) is 27.7 Å². The summed E-state index contributed by atoms with van der Waals surface area (Å²) in [5.74, 6) is -2.81. The van der Waals surface area contributed by atoms with Gasteiger partial charge in [0.25, 0.3) is 0 Å². The molecule has 1 rings (SSSR count). The van der Waals surface area contributed by atoms with E-state index in [0.717, 1.165) is 0 Å². The second kappa shape index (κ2) is 9.54. The average Bonchev–Trinajstić information content (AvgIpc) is 2.61. The van der Waals surface area contributed by atoms with Crippen molar-refractivity contribution in [1.29, 1.82) is 0 Å². The topological polar surface area (TPSA) is 110 Å². The van der Waals surface area contributed by atoms with E-state index >= 15 is 0 Å². The lowest BCUT2D eigenvalue weighted by Crippen LogP contribution is -2.44. The van der Waals surface area contributed by atoms with Crippen LogP contribution in [0.5, 0.6) is 0 Å². The number of hydrogen-bond donors (Lipinski definition) is 2. The van der Waals surface area contributed by atoms with E-state index in [1.54, 1.807) is 0 Å². The van der Waals surface area contributed by atoms with Gasteiger partial charge in [-0.05, 0) is 42.4 Å². The van der Waals surface area contributed by atoms with Crippen LogP contribution in [0.4, 0.5) is 0 Å². The number of aromatic carboxylic acids is 1. The van der Waals surface area contributed by atoms with Crippen molar-refractivity contribution in [1.82, 2.24) is 0 Å². The largest absolute Gasteiger partial charge is 0.508 e. The molecule has 7 heteroatoms. The zero-order chi connectivity index (χ0) is 24.2. The molecule has 0 spiro atoms. The van der Waals surface area contributed by atoms with Gasteiger partial charge in [0.15, 0.2) is 0 Å². The zero-order valence-corrected chi connectivity index (χ0v) is 19.5. The summed E-state index contributed by atoms with van der Waals surface area (Å²) in [7, 11) is 0. The molecule has 7 nitrogen and oxygen atoms in total. The van der Waals surface area contributed by atoms with E-state index < -0.39 is 23.1 Å². The van der Waals surface area contributed by atoms with E-state index in [0.29, 0.717) is 6.42 Å². The highest BCUT2D eigenvalue weighted by atomic mass is 16.6. The molecule has 0 aliphatic heterocycles. The van der Waals surface area contributed by atoms with Crippen LogP contribution in [0.2, 0.25) is 0 Å². The molecular weight excluding hydrogens is 400 g/mol. The predicted octanol–water partition coefficient (Wildman–Crippen LogP) is 5.10. The molecule has 0 heterocycles. The van der Waals surface area contributed by atoms with Gasteiger partial charge in [-0.1, -0.05) is 48.1 Å². The summed E-state index contributed by atoms with van der Waals surface area (Å²) in [5, 5.41) is 18.7. The summed E-state index contributed by atoms with van der Waals surface area (Å²) in [6, 6.07) is 3.67. The van der Waals surface area contributed by atoms with Crippen LogP contribution < -0.4 is 0 Å². The summed E-state index contributed by atoms with van der Waals surface area (Å²) >= 11 is 0. The molecule has 1 atom stereocenters. The van der Waals surface area contributed by atoms with Gasteiger partial charge in [-0.25, -0.2) is 9.59 Å². The van der Waals surface area contributed by atoms with Gasteiger partial charge in [0.05, 0.1) is 16.5 Å². The van der Waals surface area contributed by atoms with E-state index in [-0.39, 0.29) is 46.7 Å². The van der Waals surface area contributed by atoms with Gasteiger partial charge in [-0.15, -0.1) is 0 Å². The number of carbonyl (C=O) groups excluding carboxylic acids is 2. The SMILES string of the molecule is C=C(O)c1cc(C(=O)OCCOC(=O)C(C)(CC(C)(C)C)C(C)(C)C)ccc1C(=O)O. The molecule has 172 valence electrons. The Morgan fingerprint density at radius 2 is 1.45 bits per heavy atom. The minimum Gasteiger partial charge on any atom is -0.508 e. The van der Waals surface area contributed by atoms with Crippen molar-refractivity contribution in [3.8, 4) is 0 Å². The Kier molecular flexibility index (Phi) is 8.06. The highest BCUT2D eigenvalue weighted by Gasteiger charge is 2.47. The van der Waals surface area contributed by atoms with Crippen molar-refractivity contribution >= 4 is 23.7 Å². The summed E-state index contributed by atoms with van der Waals surface area (Å²) < 4.78 is 10.6. The number of carboxylic acids is 1. The Labute approximate surface area is 184 Å². The molecule has 0 aliphatic rings. The number of esters is 2. The van der Waals surface area contributed by atoms with Gasteiger partial charge in [-0.2, -0.15) is 0 Å². The number of rotatable bonds is 8. The van der Waals surface area contributed by atoms with Crippen LogP contribution in [-0.2, 0) is 14.3 Å². The Morgan fingerprint density at radius 1 is 0.903 bits per heavy atom. The molecular formula is C24H34O7. The van der Waals surface area contributed by atoms with Crippen LogP contribution in [0.15, 0.2) is 24.8 Å². The molecule has 0 aromatic heterocycles. The van der Waals surface area contributed by atoms with Crippen molar-refractivity contribution in [2.45, 2.75) is 54.9 Å². The maximum atomic E-state index is 12.9. The Bertz CT molecular complexity index is 856. The van der Waals surface area contributed by atoms with Crippen LogP contribution >= 0.6 is 0 Å². The summed E-state index contributed by atoms with van der Waals surface area (Å²) in [6.45, 7) is 17.1. The number of carboxylic acid groups (broad SMARTS) is 1. The number of aliphatic hydroxyl groups is 1. The third-order valence-corrected chi connectivity index (χ3v) is 5.34. The molecule has 0 radical (unpaired) electrons. The van der Waals surface area contributed by atoms with Crippen molar-refractivity contribution in [2.75, 3.05) is 13.2 Å². The Morgan fingerprint density at radius 3 is 1.90 bits per heavy atom. The highest BCUT2D eigenvalue weighted by Crippen LogP contribution is 2.47. The van der Waals surface area contributed by atoms with Crippen molar-refractivity contribution in [3.63, 3.8) is 0 Å². The first-order chi connectivity index (χ1) is 14.0. The average molecular weight is 435 g/mol. The smallest absolute Gasteiger partial charge is 0.338 e. The third kappa shape index (κ3) is 6.84. The first-order valence-corrected chi connectivity index (χ1v) is 10.1. The van der Waals surface area contributed by atoms with Crippen LogP contribution in [-0.4, -0.2) is 41.3 Å². The normalized spacial score (nSPS) is 13.8. The lowest BCUT2D eigenvalue weighted by Gasteiger charge is -2.43. The van der Waals surface area contributed by atoms with Crippen LogP contribution in [0.25, 0.3) is 5.76 Å². The van der Waals surface area contributed by atoms with Gasteiger partial charge in [0.1, 0.15) is 19.0 Å². The van der Waals surface area contributed by atoms with E-state index in [4.69, 9.17) is 14.6 Å². The second-order valence-electron chi connectivity index (χ2n) is 10.1. The third-order valence-electron chi connectivity index (χ3n) is 5.34. The van der Waals surface area contributed by atoms with Gasteiger partial charge in [0, 0.05) is 5.56 Å². The Balaban J connectivity index is 2.78. The molecule has 1 aromatic carbocycles. The van der Waals surface area contributed by atoms with Crippen molar-refractivity contribution < 1.29 is 34.1 Å². The second-order valence-corrected chi connectivity index (χ2v) is 10.1. The molecule has 31 heavy (non-hydrogen) atoms. The molecule has 0 saturated carbocycles. The van der Waals surface area contributed by atoms with Gasteiger partial charge >= 0.3 is 17.9 Å². The maximum absolute atomic E-state index is 12.9. The first-order valence-electron chi connectivity index (χ1n) is 10.1. The quantitative estimate of drug-likeness (QED) is 0.333. The van der Waals surface area contributed by atoms with Crippen LogP contribution in [0.1, 0.15) is 81.2 Å². The molecule has 0 fully saturated rings. The van der Waals surface area contributed by atoms with Crippen LogP contribution in [0.3, 0.4) is 0 Å². The molecule has 0 aliphatic carbocycles. The fourth-order valence-electron chi connectivity index (χ4n) is 3.31. The lowest BCUT2D eigenvalue weighted by atomic mass is 9.61. The molecule has 0 saturated heterocycles. The molecule has 0 amide bonds. The number of carbonyl (C=O) groups is 3. The lowest BCUT2D eigenvalue weighted by molar-refractivity contribution is -0.165. The monoisotopic (exact) mass is 434 g/mol. The summed E-state index contributed by atoms with van der Waals surface area (Å²) in [4.78, 5) is 36.3. The van der Waals surface area contributed by atoms with Crippen molar-refractivity contribution in [3.05, 3.63) is 41.5 Å². The minimum atomic E-state index is -1.26. The zero-order valence-electron chi connectivity index (χ0n) is 19.5. The number of ether oxygens (including phenoxy) is 2. The van der Waals surface area contributed by atoms with E-state index in [2.05, 4.69) is 27.4 Å². The summed E-state index contributed by atoms with van der Waals surface area (Å²) in [5.41, 5.74) is -1.34. The maximum Gasteiger partial charge on any atom is 0.338 e. The minimum absolute atomic E-state index is 0.0498. The first kappa shape index (κ1) is 26.2. The van der Waals surface area contributed by atoms with Gasteiger partial charge < -0.3 is 19.7 Å². The Hall–Kier alpha value is -2.83. The highest BCUT2D eigenvalue weighted by molar-refractivity contribution is 5.96. The molecule has 2 N–H and O–H groups in total. The van der Waals surface area contributed by atoms with E-state index in [1.165, 1.54) is 18.2 Å². The number of aliphatic hydroxyl groups excluding tert-OH is 1. The van der Waals surface area contributed by atoms with Crippen LogP contribution in [0, 0.1) is 16.2 Å². The fourth-order valence-corrected chi connectivity index (χ4v) is 3.31. The standard InChI is InChI=1S/C24H34O7/c1-15(25)18-13-16(9-10-17(18)19(26)27)20(28)30-11-12-31-21(29)24(8,23(5,6)7)14-22(2,3)4/h9-10,13,25H,1,11-12,14H2,2-8H3,(H,26,27). The molecule has 1 unspecified atom stereocenters. The number of benzene rings is 1. The van der Waals surface area contributed by atoms with Gasteiger partial charge in [-0.3, -0.25) is 4.79 Å². The van der Waals surface area contributed by atoms with E-state index in [9.17, 15) is 19.5 Å². The number of hydrogen-bond acceptors (Lipinski definition) is 6. The predicted molar refractivity (Wildman–Crippen MR) is 118 cm³/mol. The molecule has 1 aromatic rings.